The van der Waals surface area contributed by atoms with Crippen LogP contribution in [0, 0.1) is 8.70 Å². The van der Waals surface area contributed by atoms with Gasteiger partial charge in [-0.15, -0.1) is 11.3 Å². The summed E-state index contributed by atoms with van der Waals surface area (Å²) in [4.78, 5) is 12.4. The van der Waals surface area contributed by atoms with Gasteiger partial charge in [0.05, 0.1) is 18.5 Å². The average molecular weight is 492 g/mol. The number of amides is 1. The van der Waals surface area contributed by atoms with Gasteiger partial charge in [-0.05, 0) is 69.9 Å². The van der Waals surface area contributed by atoms with E-state index in [1.165, 1.54) is 29.5 Å². The topological polar surface area (TPSA) is 29.1 Å². The fourth-order valence-electron chi connectivity index (χ4n) is 2.17. The minimum absolute atomic E-state index is 0.242. The van der Waals surface area contributed by atoms with Crippen LogP contribution in [0.2, 0.25) is 10.0 Å². The molecule has 7 heteroatoms. The molecule has 122 valence electrons. The summed E-state index contributed by atoms with van der Waals surface area (Å²) in [6.45, 7) is 0. The smallest absolute Gasteiger partial charge is 0.257 e. The van der Waals surface area contributed by atoms with E-state index in [2.05, 4.69) is 27.9 Å². The molecule has 0 aliphatic rings. The molecule has 0 saturated heterocycles. The van der Waals surface area contributed by atoms with Crippen LogP contribution in [-0.4, -0.2) is 5.91 Å². The van der Waals surface area contributed by atoms with Crippen molar-refractivity contribution in [3.8, 4) is 11.1 Å². The number of rotatable bonds is 3. The summed E-state index contributed by atoms with van der Waals surface area (Å²) < 4.78 is 14.6. The zero-order valence-corrected chi connectivity index (χ0v) is 16.4. The fraction of sp³-hybridized carbons (Fsp3) is 0. The summed E-state index contributed by atoms with van der Waals surface area (Å²) in [6, 6.07) is 10.9. The predicted molar refractivity (Wildman–Crippen MR) is 107 cm³/mol. The Morgan fingerprint density at radius 2 is 1.88 bits per heavy atom. The fourth-order valence-corrected chi connectivity index (χ4v) is 3.95. The Balaban J connectivity index is 2.01. The summed E-state index contributed by atoms with van der Waals surface area (Å²) in [7, 11) is 0. The van der Waals surface area contributed by atoms with E-state index in [0.29, 0.717) is 32.4 Å². The predicted octanol–water partition coefficient (Wildman–Crippen LogP) is 6.72. The van der Waals surface area contributed by atoms with E-state index < -0.39 is 5.82 Å². The highest BCUT2D eigenvalue weighted by Gasteiger charge is 2.15. The first-order chi connectivity index (χ1) is 11.5. The van der Waals surface area contributed by atoms with Gasteiger partial charge in [0, 0.05) is 11.3 Å². The first kappa shape index (κ1) is 17.7. The van der Waals surface area contributed by atoms with Gasteiger partial charge in [0.1, 0.15) is 5.82 Å². The number of halogens is 4. The van der Waals surface area contributed by atoms with Crippen LogP contribution in [-0.2, 0) is 0 Å². The molecule has 0 radical (unpaired) electrons. The molecule has 1 aromatic heterocycles. The van der Waals surface area contributed by atoms with Crippen LogP contribution in [0.5, 0.6) is 0 Å². The monoisotopic (exact) mass is 491 g/mol. The Morgan fingerprint density at radius 3 is 2.54 bits per heavy atom. The lowest BCUT2D eigenvalue weighted by Gasteiger charge is -2.12. The Bertz CT molecular complexity index is 929. The minimum Gasteiger partial charge on any atom is -0.321 e. The Hall–Kier alpha value is -1.15. The highest BCUT2D eigenvalue weighted by Crippen LogP contribution is 2.34. The highest BCUT2D eigenvalue weighted by molar-refractivity contribution is 14.1. The van der Waals surface area contributed by atoms with Crippen molar-refractivity contribution in [3.63, 3.8) is 0 Å². The van der Waals surface area contributed by atoms with Crippen LogP contribution in [0.1, 0.15) is 10.4 Å². The van der Waals surface area contributed by atoms with Crippen molar-refractivity contribution in [1.82, 2.24) is 0 Å². The van der Waals surface area contributed by atoms with Crippen molar-refractivity contribution in [1.29, 1.82) is 0 Å². The molecular weight excluding hydrogens is 483 g/mol. The number of carbonyl (C=O) groups excluding carboxylic acids is 1. The maximum atomic E-state index is 13.7. The van der Waals surface area contributed by atoms with Crippen LogP contribution in [0.4, 0.5) is 10.1 Å². The number of hydrogen-bond acceptors (Lipinski definition) is 2. The van der Waals surface area contributed by atoms with Crippen LogP contribution < -0.4 is 5.32 Å². The molecule has 0 spiro atoms. The normalized spacial score (nSPS) is 10.7. The van der Waals surface area contributed by atoms with Crippen molar-refractivity contribution in [2.24, 2.45) is 0 Å². The van der Waals surface area contributed by atoms with E-state index in [9.17, 15) is 9.18 Å². The van der Waals surface area contributed by atoms with Crippen LogP contribution in [0.15, 0.2) is 47.8 Å². The van der Waals surface area contributed by atoms with E-state index in [1.54, 1.807) is 24.3 Å². The van der Waals surface area contributed by atoms with E-state index >= 15 is 0 Å². The van der Waals surface area contributed by atoms with Crippen molar-refractivity contribution in [2.75, 3.05) is 5.32 Å². The van der Waals surface area contributed by atoms with E-state index in [1.807, 2.05) is 5.38 Å². The Labute approximate surface area is 165 Å². The largest absolute Gasteiger partial charge is 0.321 e. The average Bonchev–Trinajstić information content (AvgIpc) is 2.98. The lowest BCUT2D eigenvalue weighted by atomic mass is 10.0. The van der Waals surface area contributed by atoms with Crippen molar-refractivity contribution >= 4 is 68.7 Å². The molecule has 1 N–H and O–H groups in total. The molecule has 0 fully saturated rings. The molecule has 0 atom stereocenters. The third-order valence-electron chi connectivity index (χ3n) is 3.32. The van der Waals surface area contributed by atoms with E-state index in [4.69, 9.17) is 23.2 Å². The second-order valence-corrected chi connectivity index (χ2v) is 8.42. The zero-order valence-electron chi connectivity index (χ0n) is 11.9. The third kappa shape index (κ3) is 3.74. The first-order valence-corrected chi connectivity index (χ1v) is 9.46. The summed E-state index contributed by atoms with van der Waals surface area (Å²) in [5.74, 6) is -0.646. The molecule has 1 amide bonds. The second kappa shape index (κ2) is 7.39. The number of nitrogens with one attached hydrogen (secondary N) is 1. The molecule has 0 aliphatic carbocycles. The summed E-state index contributed by atoms with van der Waals surface area (Å²) >= 11 is 15.6. The standard InChI is InChI=1S/C17H9Cl2FINOS/c18-13-3-1-9(7-14(13)19)12-8-10(20)2-4-15(12)22-17(23)11-5-6-24-16(11)21/h1-8H,(H,22,23). The molecular formula is C17H9Cl2FINOS. The van der Waals surface area contributed by atoms with Crippen molar-refractivity contribution in [3.05, 3.63) is 72.2 Å². The first-order valence-electron chi connectivity index (χ1n) is 6.75. The van der Waals surface area contributed by atoms with Gasteiger partial charge in [-0.3, -0.25) is 4.79 Å². The molecule has 0 unspecified atom stereocenters. The third-order valence-corrected chi connectivity index (χ3v) is 6.10. The number of carbonyl (C=O) groups is 1. The maximum absolute atomic E-state index is 13.7. The Kier molecular flexibility index (Phi) is 5.44. The highest BCUT2D eigenvalue weighted by atomic mass is 127. The number of benzene rings is 2. The van der Waals surface area contributed by atoms with Gasteiger partial charge in [0.2, 0.25) is 0 Å². The minimum atomic E-state index is -0.404. The van der Waals surface area contributed by atoms with Crippen molar-refractivity contribution in [2.45, 2.75) is 0 Å². The summed E-state index contributed by atoms with van der Waals surface area (Å²) in [6.07, 6.45) is 0. The van der Waals surface area contributed by atoms with Gasteiger partial charge in [0.25, 0.3) is 5.91 Å². The summed E-state index contributed by atoms with van der Waals surface area (Å²) in [5, 5.41) is 5.46. The number of thiophene rings is 1. The van der Waals surface area contributed by atoms with Gasteiger partial charge < -0.3 is 5.32 Å². The van der Waals surface area contributed by atoms with Gasteiger partial charge >= 0.3 is 0 Å². The molecule has 2 aromatic carbocycles. The molecule has 3 aromatic rings. The van der Waals surface area contributed by atoms with Crippen LogP contribution in [0.3, 0.4) is 0 Å². The zero-order chi connectivity index (χ0) is 17.3. The molecule has 2 nitrogen and oxygen atoms in total. The quantitative estimate of drug-likeness (QED) is 0.405. The van der Waals surface area contributed by atoms with Crippen molar-refractivity contribution < 1.29 is 9.18 Å². The summed E-state index contributed by atoms with van der Waals surface area (Å²) in [5.41, 5.74) is 2.29. The van der Waals surface area contributed by atoms with Gasteiger partial charge in [-0.2, -0.15) is 0 Å². The molecule has 0 aliphatic heterocycles. The maximum Gasteiger partial charge on any atom is 0.257 e. The number of hydrogen-bond donors (Lipinski definition) is 1. The second-order valence-electron chi connectivity index (χ2n) is 4.88. The molecule has 24 heavy (non-hydrogen) atoms. The molecule has 1 heterocycles. The molecule has 3 rings (SSSR count). The Morgan fingerprint density at radius 1 is 1.08 bits per heavy atom. The lowest BCUT2D eigenvalue weighted by molar-refractivity contribution is 0.102. The van der Waals surface area contributed by atoms with Gasteiger partial charge in [-0.1, -0.05) is 29.3 Å². The van der Waals surface area contributed by atoms with Gasteiger partial charge in [-0.25, -0.2) is 4.39 Å². The molecule has 0 bridgehead atoms. The van der Waals surface area contributed by atoms with Crippen LogP contribution in [0.25, 0.3) is 11.1 Å². The number of anilines is 1. The van der Waals surface area contributed by atoms with Crippen LogP contribution >= 0.6 is 57.1 Å². The SMILES string of the molecule is O=C(Nc1ccc(F)cc1-c1ccc(Cl)c(Cl)c1)c1ccsc1I. The van der Waals surface area contributed by atoms with E-state index in [-0.39, 0.29) is 5.91 Å². The molecule has 0 saturated carbocycles. The van der Waals surface area contributed by atoms with E-state index in [0.717, 1.165) is 2.88 Å². The lowest BCUT2D eigenvalue weighted by Crippen LogP contribution is -2.13. The van der Waals surface area contributed by atoms with Gasteiger partial charge in [0.15, 0.2) is 0 Å².